The molecule has 0 saturated carbocycles. The highest BCUT2D eigenvalue weighted by molar-refractivity contribution is 8.13. The maximum absolute atomic E-state index is 12.4. The van der Waals surface area contributed by atoms with Gasteiger partial charge in [0.1, 0.15) is 0 Å². The number of ether oxygens (including phenoxy) is 4. The normalized spacial score (nSPS) is 14.1. The van der Waals surface area contributed by atoms with Crippen LogP contribution in [0.25, 0.3) is 0 Å². The monoisotopic (exact) mass is 724 g/mol. The summed E-state index contributed by atoms with van der Waals surface area (Å²) in [4.78, 5) is 47.2. The quantitative estimate of drug-likeness (QED) is 0.0929. The average Bonchev–Trinajstić information content (AvgIpc) is 2.88. The SMILES string of the molecule is CC(OC(=O)SCC(C)(C)COS(=O)(=O)CCCS(=O)(=O)OCC(C)(C)CSC(=O)OC(C)OC(=O)C(C)C)OC(=O)C(C)C. The molecule has 0 aromatic rings. The van der Waals surface area contributed by atoms with Gasteiger partial charge in [0, 0.05) is 25.4 Å². The van der Waals surface area contributed by atoms with Crippen molar-refractivity contribution in [3.05, 3.63) is 0 Å². The number of hydrogen-bond donors (Lipinski definition) is 0. The van der Waals surface area contributed by atoms with Gasteiger partial charge in [-0.25, -0.2) is 9.59 Å². The van der Waals surface area contributed by atoms with Crippen LogP contribution < -0.4 is 0 Å². The van der Waals surface area contributed by atoms with E-state index in [1.807, 2.05) is 0 Å². The fourth-order valence-electron chi connectivity index (χ4n) is 2.61. The van der Waals surface area contributed by atoms with Gasteiger partial charge in [0.15, 0.2) is 0 Å². The highest BCUT2D eigenvalue weighted by Gasteiger charge is 2.28. The zero-order chi connectivity index (χ0) is 35.2. The standard InChI is InChI=1S/C27H48O14S4/c1-18(2)22(28)38-20(5)40-24(30)42-16-26(7,8)14-36-44(32,33)12-11-13-45(34,35)37-15-27(9,10)17-43-25(31)41-21(6)39-23(29)19(3)4/h18-21H,11-17H2,1-10H3. The molecule has 0 rings (SSSR count). The molecule has 264 valence electrons. The minimum absolute atomic E-state index is 0.130. The molecule has 14 nitrogen and oxygen atoms in total. The van der Waals surface area contributed by atoms with Crippen LogP contribution in [0.3, 0.4) is 0 Å². The molecule has 0 aliphatic carbocycles. The third kappa shape index (κ3) is 21.8. The van der Waals surface area contributed by atoms with Crippen LogP contribution in [-0.4, -0.2) is 88.2 Å². The molecule has 0 spiro atoms. The predicted octanol–water partition coefficient (Wildman–Crippen LogP) is 4.95. The molecule has 0 radical (unpaired) electrons. The first kappa shape index (κ1) is 43.4. The van der Waals surface area contributed by atoms with E-state index in [0.717, 1.165) is 23.5 Å². The molecule has 0 aliphatic rings. The summed E-state index contributed by atoms with van der Waals surface area (Å²) >= 11 is 1.54. The highest BCUT2D eigenvalue weighted by Crippen LogP contribution is 2.26. The van der Waals surface area contributed by atoms with Crippen LogP contribution in [0.1, 0.15) is 75.7 Å². The average molecular weight is 725 g/mol. The first-order chi connectivity index (χ1) is 20.4. The lowest BCUT2D eigenvalue weighted by Crippen LogP contribution is -2.28. The Hall–Kier alpha value is -1.60. The summed E-state index contributed by atoms with van der Waals surface area (Å²) in [6.07, 6.45) is -2.44. The summed E-state index contributed by atoms with van der Waals surface area (Å²) in [5.74, 6) is -2.70. The van der Waals surface area contributed by atoms with E-state index in [1.54, 1.807) is 55.4 Å². The van der Waals surface area contributed by atoms with E-state index in [9.17, 15) is 36.0 Å². The molecule has 18 heteroatoms. The van der Waals surface area contributed by atoms with Crippen LogP contribution in [0.4, 0.5) is 9.59 Å². The lowest BCUT2D eigenvalue weighted by atomic mass is 9.98. The Bertz CT molecular complexity index is 1100. The number of hydrogen-bond acceptors (Lipinski definition) is 16. The van der Waals surface area contributed by atoms with Crippen molar-refractivity contribution >= 4 is 66.3 Å². The van der Waals surface area contributed by atoms with Gasteiger partial charge in [0.05, 0.1) is 36.6 Å². The summed E-state index contributed by atoms with van der Waals surface area (Å²) in [5, 5.41) is -1.42. The number of rotatable bonds is 20. The molecule has 2 atom stereocenters. The van der Waals surface area contributed by atoms with E-state index in [4.69, 9.17) is 27.3 Å². The Balaban J connectivity index is 4.54. The van der Waals surface area contributed by atoms with Crippen molar-refractivity contribution in [2.24, 2.45) is 22.7 Å². The van der Waals surface area contributed by atoms with Crippen molar-refractivity contribution in [2.45, 2.75) is 88.2 Å². The van der Waals surface area contributed by atoms with Crippen LogP contribution in [0.5, 0.6) is 0 Å². The Kier molecular flexibility index (Phi) is 18.6. The largest absolute Gasteiger partial charge is 0.425 e. The third-order valence-corrected chi connectivity index (χ3v) is 10.3. The van der Waals surface area contributed by atoms with Gasteiger partial charge in [-0.1, -0.05) is 55.4 Å². The summed E-state index contributed by atoms with van der Waals surface area (Å²) in [7, 11) is -8.18. The molecule has 0 aromatic carbocycles. The van der Waals surface area contributed by atoms with Gasteiger partial charge < -0.3 is 18.9 Å². The second-order valence-corrected chi connectivity index (χ2v) is 17.7. The van der Waals surface area contributed by atoms with E-state index in [-0.39, 0.29) is 43.0 Å². The molecule has 45 heavy (non-hydrogen) atoms. The number of thioether (sulfide) groups is 2. The van der Waals surface area contributed by atoms with Crippen molar-refractivity contribution in [1.82, 2.24) is 0 Å². The Morgan fingerprint density at radius 3 is 1.18 bits per heavy atom. The van der Waals surface area contributed by atoms with E-state index in [2.05, 4.69) is 0 Å². The fourth-order valence-corrected chi connectivity index (χ4v) is 6.61. The Morgan fingerprint density at radius 2 is 0.889 bits per heavy atom. The van der Waals surface area contributed by atoms with Gasteiger partial charge in [-0.2, -0.15) is 16.8 Å². The van der Waals surface area contributed by atoms with Crippen LogP contribution in [-0.2, 0) is 57.1 Å². The number of esters is 2. The van der Waals surface area contributed by atoms with Gasteiger partial charge in [-0.05, 0) is 40.8 Å². The number of carbonyl (C=O) groups excluding carboxylic acids is 4. The predicted molar refractivity (Wildman–Crippen MR) is 170 cm³/mol. The molecule has 0 amide bonds. The van der Waals surface area contributed by atoms with E-state index in [1.165, 1.54) is 13.8 Å². The molecule has 0 aliphatic heterocycles. The van der Waals surface area contributed by atoms with Crippen LogP contribution in [0, 0.1) is 22.7 Å². The maximum Gasteiger partial charge on any atom is 0.370 e. The topological polar surface area (TPSA) is 192 Å². The first-order valence-corrected chi connectivity index (χ1v) is 19.3. The van der Waals surface area contributed by atoms with Gasteiger partial charge in [-0.15, -0.1) is 0 Å². The molecule has 2 unspecified atom stereocenters. The fraction of sp³-hybridized carbons (Fsp3) is 0.852. The zero-order valence-corrected chi connectivity index (χ0v) is 30.9. The molecular formula is C27H48O14S4. The summed E-state index contributed by atoms with van der Waals surface area (Å²) in [6.45, 7) is 15.5. The summed E-state index contributed by atoms with van der Waals surface area (Å²) in [6, 6.07) is 0. The molecule has 0 heterocycles. The highest BCUT2D eigenvalue weighted by atomic mass is 32.2. The Labute approximate surface area is 275 Å². The number of carbonyl (C=O) groups is 4. The smallest absolute Gasteiger partial charge is 0.370 e. The van der Waals surface area contributed by atoms with Crippen molar-refractivity contribution in [3.63, 3.8) is 0 Å². The molecule has 0 bridgehead atoms. The first-order valence-electron chi connectivity index (χ1n) is 14.2. The second kappa shape index (κ2) is 19.3. The molecule has 0 fully saturated rings. The minimum Gasteiger partial charge on any atom is -0.425 e. The van der Waals surface area contributed by atoms with Gasteiger partial charge >= 0.3 is 22.5 Å². The minimum atomic E-state index is -4.09. The van der Waals surface area contributed by atoms with E-state index < -0.39 is 77.7 Å². The van der Waals surface area contributed by atoms with Crippen LogP contribution in [0.15, 0.2) is 0 Å². The molecule has 0 N–H and O–H groups in total. The van der Waals surface area contributed by atoms with Crippen molar-refractivity contribution in [2.75, 3.05) is 36.2 Å². The maximum atomic E-state index is 12.4. The van der Waals surface area contributed by atoms with Crippen LogP contribution >= 0.6 is 23.5 Å². The lowest BCUT2D eigenvalue weighted by molar-refractivity contribution is -0.168. The van der Waals surface area contributed by atoms with Gasteiger partial charge in [0.25, 0.3) is 20.2 Å². The molecule has 0 aromatic heterocycles. The lowest BCUT2D eigenvalue weighted by Gasteiger charge is -2.24. The van der Waals surface area contributed by atoms with Gasteiger partial charge in [-0.3, -0.25) is 18.0 Å². The van der Waals surface area contributed by atoms with Crippen molar-refractivity contribution in [1.29, 1.82) is 0 Å². The van der Waals surface area contributed by atoms with Gasteiger partial charge in [0.2, 0.25) is 12.6 Å². The summed E-state index contributed by atoms with van der Waals surface area (Å²) in [5.41, 5.74) is -1.56. The van der Waals surface area contributed by atoms with Crippen molar-refractivity contribution < 1.29 is 63.3 Å². The second-order valence-electron chi connectivity index (χ2n) is 12.4. The molecule has 0 saturated heterocycles. The third-order valence-electron chi connectivity index (χ3n) is 5.24. The van der Waals surface area contributed by atoms with Crippen LogP contribution in [0.2, 0.25) is 0 Å². The van der Waals surface area contributed by atoms with E-state index >= 15 is 0 Å². The van der Waals surface area contributed by atoms with Crippen molar-refractivity contribution in [3.8, 4) is 0 Å². The van der Waals surface area contributed by atoms with E-state index in [0.29, 0.717) is 0 Å². The zero-order valence-electron chi connectivity index (χ0n) is 27.6. The summed E-state index contributed by atoms with van der Waals surface area (Å²) < 4.78 is 79.5. The Morgan fingerprint density at radius 1 is 0.578 bits per heavy atom. The molecular weight excluding hydrogens is 677 g/mol.